The molecule has 4 heteroatoms. The normalized spacial score (nSPS) is 13.9. The largest absolute Gasteiger partial charge is 0.396 e. The van der Waals surface area contributed by atoms with Gasteiger partial charge < -0.3 is 10.4 Å². The number of halogens is 2. The summed E-state index contributed by atoms with van der Waals surface area (Å²) in [5.41, 5.74) is 0. The summed E-state index contributed by atoms with van der Waals surface area (Å²) in [6.07, 6.45) is -0.987. The summed E-state index contributed by atoms with van der Waals surface area (Å²) in [5, 5.41) is 11.2. The van der Waals surface area contributed by atoms with Crippen molar-refractivity contribution in [1.82, 2.24) is 5.32 Å². The maximum atomic E-state index is 11.6. The van der Waals surface area contributed by atoms with E-state index < -0.39 is 6.43 Å². The average molecular weight is 167 g/mol. The third kappa shape index (κ3) is 6.19. The van der Waals surface area contributed by atoms with Gasteiger partial charge in [0.25, 0.3) is 6.43 Å². The van der Waals surface area contributed by atoms with Crippen molar-refractivity contribution >= 4 is 0 Å². The first-order chi connectivity index (χ1) is 5.20. The lowest BCUT2D eigenvalue weighted by atomic mass is 10.1. The fraction of sp³-hybridized carbons (Fsp3) is 1.00. The van der Waals surface area contributed by atoms with Crippen LogP contribution in [-0.2, 0) is 0 Å². The van der Waals surface area contributed by atoms with Crippen molar-refractivity contribution in [2.45, 2.75) is 32.2 Å². The second kappa shape index (κ2) is 6.49. The lowest BCUT2D eigenvalue weighted by molar-refractivity contribution is 0.137. The Labute approximate surface area is 65.6 Å². The summed E-state index contributed by atoms with van der Waals surface area (Å²) in [7, 11) is 0. The number of nitrogens with one attached hydrogen (secondary N) is 1. The van der Waals surface area contributed by atoms with Crippen LogP contribution in [0.2, 0.25) is 0 Å². The Morgan fingerprint density at radius 2 is 2.09 bits per heavy atom. The number of alkyl halides is 2. The highest BCUT2D eigenvalue weighted by Gasteiger charge is 2.07. The van der Waals surface area contributed by atoms with Gasteiger partial charge in [0, 0.05) is 12.6 Å². The SMILES string of the molecule is CCC(CCO)NCC(F)F. The van der Waals surface area contributed by atoms with E-state index in [-0.39, 0.29) is 19.2 Å². The summed E-state index contributed by atoms with van der Waals surface area (Å²) in [5.74, 6) is 0. The third-order valence-corrected chi connectivity index (χ3v) is 1.53. The van der Waals surface area contributed by atoms with E-state index in [0.717, 1.165) is 6.42 Å². The lowest BCUT2D eigenvalue weighted by Gasteiger charge is -2.14. The summed E-state index contributed by atoms with van der Waals surface area (Å²) in [4.78, 5) is 0. The molecule has 0 fully saturated rings. The van der Waals surface area contributed by atoms with Crippen molar-refractivity contribution in [2.24, 2.45) is 0 Å². The van der Waals surface area contributed by atoms with Gasteiger partial charge in [-0.05, 0) is 12.8 Å². The summed E-state index contributed by atoms with van der Waals surface area (Å²) in [6.45, 7) is 1.67. The van der Waals surface area contributed by atoms with E-state index in [4.69, 9.17) is 5.11 Å². The van der Waals surface area contributed by atoms with Crippen LogP contribution < -0.4 is 5.32 Å². The molecular formula is C7H15F2NO. The molecule has 0 aliphatic rings. The molecule has 0 aromatic carbocycles. The Morgan fingerprint density at radius 3 is 2.45 bits per heavy atom. The zero-order chi connectivity index (χ0) is 8.69. The van der Waals surface area contributed by atoms with Gasteiger partial charge in [0.05, 0.1) is 6.54 Å². The van der Waals surface area contributed by atoms with Crippen molar-refractivity contribution in [3.05, 3.63) is 0 Å². The molecule has 0 heterocycles. The van der Waals surface area contributed by atoms with Crippen LogP contribution >= 0.6 is 0 Å². The molecule has 0 aromatic heterocycles. The Hall–Kier alpha value is -0.220. The van der Waals surface area contributed by atoms with Crippen LogP contribution in [0, 0.1) is 0 Å². The predicted molar refractivity (Wildman–Crippen MR) is 39.8 cm³/mol. The molecule has 68 valence electrons. The lowest BCUT2D eigenvalue weighted by Crippen LogP contribution is -2.33. The molecule has 0 saturated heterocycles. The van der Waals surface area contributed by atoms with Gasteiger partial charge in [-0.15, -0.1) is 0 Å². The number of aliphatic hydroxyl groups is 1. The predicted octanol–water partition coefficient (Wildman–Crippen LogP) is 1.00. The van der Waals surface area contributed by atoms with Gasteiger partial charge in [0.1, 0.15) is 0 Å². The highest BCUT2D eigenvalue weighted by atomic mass is 19.3. The molecule has 0 amide bonds. The van der Waals surface area contributed by atoms with E-state index in [1.54, 1.807) is 0 Å². The number of aliphatic hydroxyl groups excluding tert-OH is 1. The van der Waals surface area contributed by atoms with Gasteiger partial charge in [-0.1, -0.05) is 6.92 Å². The molecule has 0 aliphatic carbocycles. The summed E-state index contributed by atoms with van der Waals surface area (Å²) >= 11 is 0. The van der Waals surface area contributed by atoms with Crippen molar-refractivity contribution in [2.75, 3.05) is 13.2 Å². The average Bonchev–Trinajstić information content (AvgIpc) is 1.97. The minimum absolute atomic E-state index is 0.0222. The highest BCUT2D eigenvalue weighted by Crippen LogP contribution is 1.97. The Kier molecular flexibility index (Phi) is 6.36. The molecule has 0 saturated carbocycles. The van der Waals surface area contributed by atoms with Gasteiger partial charge in [0.15, 0.2) is 0 Å². The molecule has 0 bridgehead atoms. The highest BCUT2D eigenvalue weighted by molar-refractivity contribution is 4.64. The van der Waals surface area contributed by atoms with Gasteiger partial charge in [-0.25, -0.2) is 8.78 Å². The molecule has 11 heavy (non-hydrogen) atoms. The maximum Gasteiger partial charge on any atom is 0.250 e. The monoisotopic (exact) mass is 167 g/mol. The first-order valence-corrected chi connectivity index (χ1v) is 3.83. The molecule has 0 spiro atoms. The first-order valence-electron chi connectivity index (χ1n) is 3.83. The fourth-order valence-electron chi connectivity index (χ4n) is 0.862. The number of rotatable bonds is 6. The van der Waals surface area contributed by atoms with Crippen LogP contribution in [0.4, 0.5) is 8.78 Å². The molecule has 1 atom stereocenters. The van der Waals surface area contributed by atoms with E-state index >= 15 is 0 Å². The van der Waals surface area contributed by atoms with Crippen LogP contribution in [0.15, 0.2) is 0 Å². The molecule has 0 rings (SSSR count). The van der Waals surface area contributed by atoms with Crippen molar-refractivity contribution < 1.29 is 13.9 Å². The summed E-state index contributed by atoms with van der Waals surface area (Å²) in [6, 6.07) is 0.0222. The van der Waals surface area contributed by atoms with Crippen LogP contribution in [0.3, 0.4) is 0 Å². The number of hydrogen-bond donors (Lipinski definition) is 2. The quantitative estimate of drug-likeness (QED) is 0.618. The smallest absolute Gasteiger partial charge is 0.250 e. The topological polar surface area (TPSA) is 32.3 Å². The first kappa shape index (κ1) is 10.8. The van der Waals surface area contributed by atoms with Crippen LogP contribution in [0.1, 0.15) is 19.8 Å². The molecule has 0 radical (unpaired) electrons. The van der Waals surface area contributed by atoms with E-state index in [0.29, 0.717) is 6.42 Å². The van der Waals surface area contributed by atoms with E-state index in [1.165, 1.54) is 0 Å². The molecule has 2 nitrogen and oxygen atoms in total. The van der Waals surface area contributed by atoms with Gasteiger partial charge in [-0.3, -0.25) is 0 Å². The number of hydrogen-bond acceptors (Lipinski definition) is 2. The van der Waals surface area contributed by atoms with E-state index in [2.05, 4.69) is 5.32 Å². The molecule has 1 unspecified atom stereocenters. The van der Waals surface area contributed by atoms with E-state index in [1.807, 2.05) is 6.92 Å². The van der Waals surface area contributed by atoms with Crippen LogP contribution in [0.25, 0.3) is 0 Å². The Morgan fingerprint density at radius 1 is 1.45 bits per heavy atom. The second-order valence-corrected chi connectivity index (χ2v) is 2.42. The van der Waals surface area contributed by atoms with Crippen molar-refractivity contribution in [3.63, 3.8) is 0 Å². The standard InChI is InChI=1S/C7H15F2NO/c1-2-6(3-4-11)10-5-7(8)9/h6-7,10-11H,2-5H2,1H3. The zero-order valence-corrected chi connectivity index (χ0v) is 6.69. The molecule has 0 aromatic rings. The molecule has 0 aliphatic heterocycles. The third-order valence-electron chi connectivity index (χ3n) is 1.53. The minimum Gasteiger partial charge on any atom is -0.396 e. The van der Waals surface area contributed by atoms with Gasteiger partial charge >= 0.3 is 0 Å². The fourth-order valence-corrected chi connectivity index (χ4v) is 0.862. The zero-order valence-electron chi connectivity index (χ0n) is 6.69. The van der Waals surface area contributed by atoms with Gasteiger partial charge in [-0.2, -0.15) is 0 Å². The van der Waals surface area contributed by atoms with Crippen LogP contribution in [0.5, 0.6) is 0 Å². The Balaban J connectivity index is 3.35. The molecule has 2 N–H and O–H groups in total. The second-order valence-electron chi connectivity index (χ2n) is 2.42. The van der Waals surface area contributed by atoms with Crippen molar-refractivity contribution in [3.8, 4) is 0 Å². The van der Waals surface area contributed by atoms with Crippen LogP contribution in [-0.4, -0.2) is 30.7 Å². The maximum absolute atomic E-state index is 11.6. The van der Waals surface area contributed by atoms with Crippen molar-refractivity contribution in [1.29, 1.82) is 0 Å². The minimum atomic E-state index is -2.30. The molecular weight excluding hydrogens is 152 g/mol. The van der Waals surface area contributed by atoms with Gasteiger partial charge in [0.2, 0.25) is 0 Å². The summed E-state index contributed by atoms with van der Waals surface area (Å²) < 4.78 is 23.3. The van der Waals surface area contributed by atoms with E-state index in [9.17, 15) is 8.78 Å². The Bertz CT molecular complexity index is 90.5.